The van der Waals surface area contributed by atoms with Gasteiger partial charge in [0.2, 0.25) is 0 Å². The molecule has 12 heavy (non-hydrogen) atoms. The number of carbonyl (C=O) groups is 1. The lowest BCUT2D eigenvalue weighted by molar-refractivity contribution is -0.116. The van der Waals surface area contributed by atoms with Gasteiger partial charge in [-0.1, -0.05) is 6.07 Å². The number of hydrogen-bond acceptors (Lipinski definition) is 3. The quantitative estimate of drug-likeness (QED) is 0.631. The lowest BCUT2D eigenvalue weighted by atomic mass is 10.3. The highest BCUT2D eigenvalue weighted by Crippen LogP contribution is 1.90. The molecule has 1 amide bonds. The van der Waals surface area contributed by atoms with Crippen molar-refractivity contribution >= 4 is 5.91 Å². The van der Waals surface area contributed by atoms with E-state index in [2.05, 4.69) is 10.3 Å². The normalized spacial score (nSPS) is 8.58. The summed E-state index contributed by atoms with van der Waals surface area (Å²) in [6.45, 7) is 0.299. The van der Waals surface area contributed by atoms with E-state index in [9.17, 15) is 4.79 Å². The van der Waals surface area contributed by atoms with Crippen molar-refractivity contribution in [3.63, 3.8) is 0 Å². The number of amides is 1. The maximum atomic E-state index is 10.5. The molecule has 1 N–H and O–H groups in total. The largest absolute Gasteiger partial charge is 0.338 e. The van der Waals surface area contributed by atoms with Crippen molar-refractivity contribution in [3.05, 3.63) is 30.1 Å². The van der Waals surface area contributed by atoms with Crippen LogP contribution in [-0.4, -0.2) is 10.9 Å². The zero-order valence-electron chi connectivity index (χ0n) is 6.32. The summed E-state index contributed by atoms with van der Waals surface area (Å²) < 4.78 is 0. The molecule has 1 aromatic rings. The summed E-state index contributed by atoms with van der Waals surface area (Å²) in [5, 5.41) is 10.5. The maximum Gasteiger partial charge on any atom is 0.322 e. The van der Waals surface area contributed by atoms with Crippen molar-refractivity contribution < 1.29 is 4.79 Å². The number of nitrogens with one attached hydrogen (secondary N) is 1. The summed E-state index contributed by atoms with van der Waals surface area (Å²) in [6.07, 6.45) is 1.63. The van der Waals surface area contributed by atoms with Gasteiger partial charge < -0.3 is 5.32 Å². The molecule has 0 bridgehead atoms. The molecule has 0 aliphatic heterocycles. The van der Waals surface area contributed by atoms with E-state index in [-0.39, 0.29) is 0 Å². The van der Waals surface area contributed by atoms with Gasteiger partial charge in [0.1, 0.15) is 0 Å². The molecular formula is C8H7N3O. The summed E-state index contributed by atoms with van der Waals surface area (Å²) in [6, 6.07) is 6.84. The van der Waals surface area contributed by atoms with E-state index in [1.54, 1.807) is 18.3 Å². The van der Waals surface area contributed by atoms with Crippen LogP contribution in [0.1, 0.15) is 5.69 Å². The molecule has 0 aliphatic rings. The van der Waals surface area contributed by atoms with Gasteiger partial charge in [0.25, 0.3) is 0 Å². The number of nitrogens with zero attached hydrogens (tertiary/aromatic N) is 2. The molecular weight excluding hydrogens is 154 g/mol. The highest BCUT2D eigenvalue weighted by atomic mass is 16.1. The van der Waals surface area contributed by atoms with Gasteiger partial charge in [-0.3, -0.25) is 9.78 Å². The second-order valence-electron chi connectivity index (χ2n) is 2.12. The Hall–Kier alpha value is -1.89. The van der Waals surface area contributed by atoms with Gasteiger partial charge in [0.15, 0.2) is 6.07 Å². The molecule has 0 radical (unpaired) electrons. The Balaban J connectivity index is 2.45. The van der Waals surface area contributed by atoms with Crippen LogP contribution in [0.4, 0.5) is 0 Å². The first-order chi connectivity index (χ1) is 5.83. The Kier molecular flexibility index (Phi) is 2.79. The molecule has 4 heteroatoms. The Morgan fingerprint density at radius 2 is 2.50 bits per heavy atom. The van der Waals surface area contributed by atoms with Crippen LogP contribution in [0.2, 0.25) is 0 Å². The van der Waals surface area contributed by atoms with Gasteiger partial charge in [0.05, 0.1) is 12.2 Å². The van der Waals surface area contributed by atoms with Crippen LogP contribution in [-0.2, 0) is 11.3 Å². The zero-order chi connectivity index (χ0) is 8.81. The van der Waals surface area contributed by atoms with Crippen LogP contribution in [0.25, 0.3) is 0 Å². The van der Waals surface area contributed by atoms with E-state index in [1.807, 2.05) is 6.07 Å². The predicted octanol–water partition coefficient (Wildman–Crippen LogP) is 0.221. The summed E-state index contributed by atoms with van der Waals surface area (Å²) in [5.74, 6) is -0.638. The van der Waals surface area contributed by atoms with Crippen LogP contribution < -0.4 is 5.32 Å². The Labute approximate surface area is 69.8 Å². The molecule has 0 aromatic carbocycles. The zero-order valence-corrected chi connectivity index (χ0v) is 6.32. The van der Waals surface area contributed by atoms with Gasteiger partial charge in [-0.05, 0) is 12.1 Å². The minimum Gasteiger partial charge on any atom is -0.338 e. The lowest BCUT2D eigenvalue weighted by Gasteiger charge is -1.97. The molecule has 0 fully saturated rings. The predicted molar refractivity (Wildman–Crippen MR) is 41.7 cm³/mol. The van der Waals surface area contributed by atoms with Crippen LogP contribution in [0.3, 0.4) is 0 Å². The Morgan fingerprint density at radius 1 is 1.67 bits per heavy atom. The monoisotopic (exact) mass is 161 g/mol. The van der Waals surface area contributed by atoms with Crippen molar-refractivity contribution in [2.75, 3.05) is 0 Å². The standard InChI is InChI=1S/C8H7N3O/c9-5-8(12)11-6-7-3-1-2-4-10-7/h1-4H,6H2,(H,11,12). The van der Waals surface area contributed by atoms with E-state index in [0.29, 0.717) is 6.54 Å². The number of hydrogen-bond donors (Lipinski definition) is 1. The molecule has 0 saturated heterocycles. The summed E-state index contributed by atoms with van der Waals surface area (Å²) in [7, 11) is 0. The number of rotatable bonds is 2. The maximum absolute atomic E-state index is 10.5. The van der Waals surface area contributed by atoms with Crippen LogP contribution >= 0.6 is 0 Å². The second-order valence-corrected chi connectivity index (χ2v) is 2.12. The van der Waals surface area contributed by atoms with Crippen LogP contribution in [0, 0.1) is 11.3 Å². The molecule has 1 rings (SSSR count). The second kappa shape index (κ2) is 4.09. The summed E-state index contributed by atoms with van der Waals surface area (Å²) >= 11 is 0. The number of pyridine rings is 1. The molecule has 1 heterocycles. The number of nitriles is 1. The highest BCUT2D eigenvalue weighted by molar-refractivity contribution is 5.90. The van der Waals surface area contributed by atoms with E-state index in [1.165, 1.54) is 6.07 Å². The van der Waals surface area contributed by atoms with E-state index >= 15 is 0 Å². The average Bonchev–Trinajstić information content (AvgIpc) is 2.16. The molecule has 4 nitrogen and oxygen atoms in total. The number of aromatic nitrogens is 1. The van der Waals surface area contributed by atoms with Crippen LogP contribution in [0.5, 0.6) is 0 Å². The first kappa shape index (κ1) is 8.21. The fourth-order valence-corrected chi connectivity index (χ4v) is 0.713. The Morgan fingerprint density at radius 3 is 3.08 bits per heavy atom. The molecule has 0 aliphatic carbocycles. The fourth-order valence-electron chi connectivity index (χ4n) is 0.713. The Bertz CT molecular complexity index is 302. The molecule has 0 spiro atoms. The molecule has 0 unspecified atom stereocenters. The summed E-state index contributed by atoms with van der Waals surface area (Å²) in [5.41, 5.74) is 0.737. The first-order valence-corrected chi connectivity index (χ1v) is 3.41. The van der Waals surface area contributed by atoms with Gasteiger partial charge in [-0.25, -0.2) is 0 Å². The van der Waals surface area contributed by atoms with E-state index in [4.69, 9.17) is 5.26 Å². The van der Waals surface area contributed by atoms with Crippen molar-refractivity contribution in [2.45, 2.75) is 6.54 Å². The van der Waals surface area contributed by atoms with Crippen molar-refractivity contribution in [2.24, 2.45) is 0 Å². The smallest absolute Gasteiger partial charge is 0.322 e. The third-order valence-electron chi connectivity index (χ3n) is 1.26. The molecule has 0 saturated carbocycles. The lowest BCUT2D eigenvalue weighted by Crippen LogP contribution is -2.20. The summed E-state index contributed by atoms with van der Waals surface area (Å²) in [4.78, 5) is 14.4. The average molecular weight is 161 g/mol. The van der Waals surface area contributed by atoms with Gasteiger partial charge >= 0.3 is 5.91 Å². The van der Waals surface area contributed by atoms with E-state index in [0.717, 1.165) is 5.69 Å². The van der Waals surface area contributed by atoms with Gasteiger partial charge in [0, 0.05) is 6.20 Å². The number of carbonyl (C=O) groups excluding carboxylic acids is 1. The minimum absolute atomic E-state index is 0.299. The SMILES string of the molecule is N#CC(=O)NCc1ccccn1. The van der Waals surface area contributed by atoms with Gasteiger partial charge in [-0.15, -0.1) is 0 Å². The fraction of sp³-hybridized carbons (Fsp3) is 0.125. The molecule has 0 atom stereocenters. The van der Waals surface area contributed by atoms with Crippen molar-refractivity contribution in [3.8, 4) is 6.07 Å². The highest BCUT2D eigenvalue weighted by Gasteiger charge is 1.96. The third-order valence-corrected chi connectivity index (χ3v) is 1.26. The van der Waals surface area contributed by atoms with Crippen molar-refractivity contribution in [1.82, 2.24) is 10.3 Å². The first-order valence-electron chi connectivity index (χ1n) is 3.41. The van der Waals surface area contributed by atoms with E-state index < -0.39 is 5.91 Å². The third kappa shape index (κ3) is 2.39. The van der Waals surface area contributed by atoms with Crippen LogP contribution in [0.15, 0.2) is 24.4 Å². The minimum atomic E-state index is -0.638. The van der Waals surface area contributed by atoms with Crippen molar-refractivity contribution in [1.29, 1.82) is 5.26 Å². The molecule has 60 valence electrons. The molecule has 1 aromatic heterocycles. The van der Waals surface area contributed by atoms with Gasteiger partial charge in [-0.2, -0.15) is 5.26 Å². The topological polar surface area (TPSA) is 65.8 Å².